The molecule has 0 saturated carbocycles. The molecule has 1 aromatic carbocycles. The van der Waals surface area contributed by atoms with Crippen LogP contribution in [0.15, 0.2) is 18.2 Å². The number of halogens is 2. The molecule has 3 heteroatoms. The van der Waals surface area contributed by atoms with Crippen LogP contribution in [0.5, 0.6) is 0 Å². The molecule has 0 aliphatic carbocycles. The first-order valence-electron chi connectivity index (χ1n) is 5.63. The van der Waals surface area contributed by atoms with E-state index in [1.54, 1.807) is 6.07 Å². The zero-order valence-electron chi connectivity index (χ0n) is 10.1. The highest BCUT2D eigenvalue weighted by Crippen LogP contribution is 2.24. The molecule has 90 valence electrons. The Balaban J connectivity index is 2.69. The van der Waals surface area contributed by atoms with E-state index in [2.05, 4.69) is 19.2 Å². The van der Waals surface area contributed by atoms with Gasteiger partial charge in [-0.05, 0) is 43.5 Å². The fraction of sp³-hybridized carbons (Fsp3) is 0.538. The minimum atomic E-state index is -0.326. The normalized spacial score (nSPS) is 14.8. The summed E-state index contributed by atoms with van der Waals surface area (Å²) in [4.78, 5) is 0. The number of hydrogen-bond acceptors (Lipinski definition) is 1. The molecule has 0 aliphatic heterocycles. The van der Waals surface area contributed by atoms with Gasteiger partial charge in [-0.25, -0.2) is 4.39 Å². The monoisotopic (exact) mass is 243 g/mol. The summed E-state index contributed by atoms with van der Waals surface area (Å²) in [6.07, 6.45) is 0.819. The molecule has 0 aliphatic rings. The van der Waals surface area contributed by atoms with E-state index < -0.39 is 0 Å². The van der Waals surface area contributed by atoms with Crippen molar-refractivity contribution in [3.8, 4) is 0 Å². The van der Waals surface area contributed by atoms with Crippen molar-refractivity contribution < 1.29 is 4.39 Å². The second-order valence-corrected chi connectivity index (χ2v) is 4.81. The van der Waals surface area contributed by atoms with Crippen LogP contribution in [0.4, 0.5) is 4.39 Å². The summed E-state index contributed by atoms with van der Waals surface area (Å²) in [6.45, 7) is 5.33. The Bertz CT molecular complexity index is 341. The average Bonchev–Trinajstić information content (AvgIpc) is 2.25. The molecule has 1 rings (SSSR count). The molecule has 16 heavy (non-hydrogen) atoms. The van der Waals surface area contributed by atoms with Crippen molar-refractivity contribution in [2.75, 3.05) is 13.6 Å². The fourth-order valence-electron chi connectivity index (χ4n) is 1.78. The predicted octanol–water partition coefficient (Wildman–Crippen LogP) is 3.51. The molecular formula is C13H19ClFN. The summed E-state index contributed by atoms with van der Waals surface area (Å²) < 4.78 is 13.2. The third kappa shape index (κ3) is 3.46. The van der Waals surface area contributed by atoms with E-state index in [1.165, 1.54) is 6.07 Å². The van der Waals surface area contributed by atoms with Gasteiger partial charge < -0.3 is 5.32 Å². The maximum absolute atomic E-state index is 13.2. The van der Waals surface area contributed by atoms with Crippen molar-refractivity contribution in [1.82, 2.24) is 5.32 Å². The smallest absolute Gasteiger partial charge is 0.142 e. The van der Waals surface area contributed by atoms with Gasteiger partial charge in [-0.15, -0.1) is 0 Å². The van der Waals surface area contributed by atoms with Crippen LogP contribution >= 0.6 is 11.6 Å². The van der Waals surface area contributed by atoms with Gasteiger partial charge in [0.15, 0.2) is 0 Å². The van der Waals surface area contributed by atoms with Crippen LogP contribution in [-0.2, 0) is 6.42 Å². The minimum Gasteiger partial charge on any atom is -0.319 e. The van der Waals surface area contributed by atoms with Crippen molar-refractivity contribution >= 4 is 11.6 Å². The van der Waals surface area contributed by atoms with Crippen LogP contribution in [0, 0.1) is 17.7 Å². The topological polar surface area (TPSA) is 12.0 Å². The molecule has 0 saturated heterocycles. The maximum atomic E-state index is 13.2. The van der Waals surface area contributed by atoms with E-state index >= 15 is 0 Å². The number of hydrogen-bond donors (Lipinski definition) is 1. The molecule has 0 spiro atoms. The molecule has 0 radical (unpaired) electrons. The highest BCUT2D eigenvalue weighted by atomic mass is 35.5. The molecular weight excluding hydrogens is 225 g/mol. The van der Waals surface area contributed by atoms with Crippen molar-refractivity contribution in [3.05, 3.63) is 34.6 Å². The van der Waals surface area contributed by atoms with E-state index in [0.29, 0.717) is 11.8 Å². The Morgan fingerprint density at radius 3 is 2.62 bits per heavy atom. The van der Waals surface area contributed by atoms with Gasteiger partial charge in [-0.3, -0.25) is 0 Å². The van der Waals surface area contributed by atoms with E-state index in [9.17, 15) is 4.39 Å². The third-order valence-corrected chi connectivity index (χ3v) is 3.49. The lowest BCUT2D eigenvalue weighted by atomic mass is 9.89. The van der Waals surface area contributed by atoms with Crippen LogP contribution in [0.3, 0.4) is 0 Å². The van der Waals surface area contributed by atoms with E-state index in [1.807, 2.05) is 13.1 Å². The molecule has 0 heterocycles. The standard InChI is InChI=1S/C13H19ClFN/c1-9(10(2)8-16-3)7-11-5-4-6-12(15)13(11)14/h4-6,9-10,16H,7-8H2,1-3H3. The molecule has 1 N–H and O–H groups in total. The Morgan fingerprint density at radius 2 is 2.00 bits per heavy atom. The fourth-order valence-corrected chi connectivity index (χ4v) is 1.98. The molecule has 1 aromatic rings. The number of rotatable bonds is 5. The van der Waals surface area contributed by atoms with E-state index in [4.69, 9.17) is 11.6 Å². The van der Waals surface area contributed by atoms with Gasteiger partial charge in [-0.1, -0.05) is 37.6 Å². The summed E-state index contributed by atoms with van der Waals surface area (Å²) in [5.74, 6) is 0.698. The van der Waals surface area contributed by atoms with Gasteiger partial charge >= 0.3 is 0 Å². The Morgan fingerprint density at radius 1 is 1.31 bits per heavy atom. The lowest BCUT2D eigenvalue weighted by Crippen LogP contribution is -2.23. The molecule has 0 amide bonds. The quantitative estimate of drug-likeness (QED) is 0.835. The Hall–Kier alpha value is -0.600. The highest BCUT2D eigenvalue weighted by molar-refractivity contribution is 6.31. The summed E-state index contributed by atoms with van der Waals surface area (Å²) in [5.41, 5.74) is 0.900. The Kier molecular flexibility index (Phi) is 5.23. The summed E-state index contributed by atoms with van der Waals surface area (Å²) >= 11 is 5.93. The minimum absolute atomic E-state index is 0.269. The molecule has 1 nitrogen and oxygen atoms in total. The van der Waals surface area contributed by atoms with Crippen LogP contribution < -0.4 is 5.32 Å². The zero-order valence-corrected chi connectivity index (χ0v) is 10.8. The first kappa shape index (κ1) is 13.5. The predicted molar refractivity (Wildman–Crippen MR) is 67.4 cm³/mol. The van der Waals surface area contributed by atoms with E-state index in [-0.39, 0.29) is 10.8 Å². The maximum Gasteiger partial charge on any atom is 0.142 e. The second-order valence-electron chi connectivity index (χ2n) is 4.43. The van der Waals surface area contributed by atoms with Crippen molar-refractivity contribution in [1.29, 1.82) is 0 Å². The van der Waals surface area contributed by atoms with Gasteiger partial charge in [0.25, 0.3) is 0 Å². The second kappa shape index (κ2) is 6.21. The summed E-state index contributed by atoms with van der Waals surface area (Å²) in [5, 5.41) is 3.42. The van der Waals surface area contributed by atoms with Gasteiger partial charge in [0.2, 0.25) is 0 Å². The highest BCUT2D eigenvalue weighted by Gasteiger charge is 2.14. The molecule has 2 atom stereocenters. The lowest BCUT2D eigenvalue weighted by molar-refractivity contribution is 0.374. The van der Waals surface area contributed by atoms with Crippen LogP contribution in [0.1, 0.15) is 19.4 Å². The van der Waals surface area contributed by atoms with Crippen molar-refractivity contribution in [2.24, 2.45) is 11.8 Å². The molecule has 0 bridgehead atoms. The van der Waals surface area contributed by atoms with Gasteiger partial charge in [0.1, 0.15) is 5.82 Å². The van der Waals surface area contributed by atoms with Gasteiger partial charge in [-0.2, -0.15) is 0 Å². The Labute approximate surface area is 102 Å². The van der Waals surface area contributed by atoms with Crippen LogP contribution in [0.25, 0.3) is 0 Å². The zero-order chi connectivity index (χ0) is 12.1. The van der Waals surface area contributed by atoms with Crippen LogP contribution in [0.2, 0.25) is 5.02 Å². The molecule has 0 fully saturated rings. The SMILES string of the molecule is CNCC(C)C(C)Cc1cccc(F)c1Cl. The lowest BCUT2D eigenvalue weighted by Gasteiger charge is -2.20. The van der Waals surface area contributed by atoms with Crippen molar-refractivity contribution in [2.45, 2.75) is 20.3 Å². The van der Waals surface area contributed by atoms with Gasteiger partial charge in [0.05, 0.1) is 5.02 Å². The first-order valence-corrected chi connectivity index (χ1v) is 6.01. The molecule has 0 aromatic heterocycles. The molecule has 2 unspecified atom stereocenters. The van der Waals surface area contributed by atoms with Crippen LogP contribution in [-0.4, -0.2) is 13.6 Å². The summed E-state index contributed by atoms with van der Waals surface area (Å²) in [7, 11) is 1.94. The van der Waals surface area contributed by atoms with E-state index in [0.717, 1.165) is 18.5 Å². The van der Waals surface area contributed by atoms with Crippen molar-refractivity contribution in [3.63, 3.8) is 0 Å². The van der Waals surface area contributed by atoms with Gasteiger partial charge in [0, 0.05) is 0 Å². The largest absolute Gasteiger partial charge is 0.319 e. The number of nitrogens with one attached hydrogen (secondary N) is 1. The third-order valence-electron chi connectivity index (χ3n) is 3.07. The summed E-state index contributed by atoms with van der Waals surface area (Å²) in [6, 6.07) is 5.01. The first-order chi connectivity index (χ1) is 7.56. The number of benzene rings is 1. The average molecular weight is 244 g/mol.